The predicted octanol–water partition coefficient (Wildman–Crippen LogP) is -3.63. The molecule has 0 bridgehead atoms. The van der Waals surface area contributed by atoms with Crippen LogP contribution in [0.4, 0.5) is 0 Å². The Kier molecular flexibility index (Phi) is 6.50. The van der Waals surface area contributed by atoms with Crippen molar-refractivity contribution in [2.45, 2.75) is 36.9 Å². The minimum atomic E-state index is -5.30. The molecule has 0 spiro atoms. The molecule has 0 aromatic carbocycles. The standard InChI is InChI=1S/C11H14O12P/c12-2-5(23-24(20,21)22)8(15)10(17)6-3(11(18)19)1-4(13)7(14)9(6)16/h4-5,7-9,13-16H,1H2,(H,18,19)(H2,20,21,22). The van der Waals surface area contributed by atoms with Crippen molar-refractivity contribution in [1.29, 1.82) is 0 Å². The van der Waals surface area contributed by atoms with E-state index in [0.717, 1.165) is 6.29 Å². The molecule has 7 N–H and O–H groups in total. The van der Waals surface area contributed by atoms with E-state index in [1.807, 2.05) is 0 Å². The van der Waals surface area contributed by atoms with Gasteiger partial charge in [-0.3, -0.25) is 14.1 Å². The number of hydrogen-bond donors (Lipinski definition) is 7. The molecule has 1 aliphatic carbocycles. The van der Waals surface area contributed by atoms with Crippen molar-refractivity contribution in [2.75, 3.05) is 0 Å². The zero-order valence-electron chi connectivity index (χ0n) is 11.7. The number of phosphoric ester groups is 1. The van der Waals surface area contributed by atoms with Crippen molar-refractivity contribution < 1.29 is 58.8 Å². The van der Waals surface area contributed by atoms with Gasteiger partial charge in [-0.2, -0.15) is 0 Å². The summed E-state index contributed by atoms with van der Waals surface area (Å²) in [5.74, 6) is -3.38. The molecule has 0 fully saturated rings. The number of aliphatic carboxylic acids is 1. The fraction of sp³-hybridized carbons (Fsp3) is 0.545. The maximum absolute atomic E-state index is 12.1. The number of rotatable bonds is 7. The van der Waals surface area contributed by atoms with E-state index in [1.54, 1.807) is 0 Å². The molecular formula is C11H14O12P. The average molecular weight is 369 g/mol. The van der Waals surface area contributed by atoms with Crippen LogP contribution in [0.5, 0.6) is 0 Å². The summed E-state index contributed by atoms with van der Waals surface area (Å²) in [6.45, 7) is 0. The molecule has 0 saturated heterocycles. The summed E-state index contributed by atoms with van der Waals surface area (Å²) in [5, 5.41) is 47.5. The summed E-state index contributed by atoms with van der Waals surface area (Å²) in [6.07, 6.45) is -10.9. The third-order valence-corrected chi connectivity index (χ3v) is 3.70. The smallest absolute Gasteiger partial charge is 0.470 e. The number of carbonyl (C=O) groups is 2. The SMILES string of the molecule is O=[C]C(OP(=O)(O)O)C(O)C(=O)C1=C(C(=O)O)CC(O)C(O)C1O. The zero-order valence-corrected chi connectivity index (χ0v) is 12.6. The molecule has 1 rings (SSSR count). The van der Waals surface area contributed by atoms with Crippen LogP contribution < -0.4 is 0 Å². The van der Waals surface area contributed by atoms with Gasteiger partial charge in [-0.05, 0) is 0 Å². The number of hydrogen-bond acceptors (Lipinski definition) is 9. The van der Waals surface area contributed by atoms with E-state index in [1.165, 1.54) is 0 Å². The van der Waals surface area contributed by atoms with Gasteiger partial charge in [0.2, 0.25) is 6.29 Å². The molecule has 135 valence electrons. The van der Waals surface area contributed by atoms with Crippen LogP contribution in [0.2, 0.25) is 0 Å². The lowest BCUT2D eigenvalue weighted by Gasteiger charge is -2.32. The minimum Gasteiger partial charge on any atom is -0.478 e. The van der Waals surface area contributed by atoms with Gasteiger partial charge < -0.3 is 35.3 Å². The van der Waals surface area contributed by atoms with Crippen molar-refractivity contribution in [2.24, 2.45) is 0 Å². The summed E-state index contributed by atoms with van der Waals surface area (Å²) in [5.41, 5.74) is -1.87. The molecule has 1 aliphatic rings. The molecule has 0 aromatic rings. The fourth-order valence-electron chi connectivity index (χ4n) is 2.08. The van der Waals surface area contributed by atoms with Crippen LogP contribution >= 0.6 is 7.82 Å². The zero-order chi connectivity index (χ0) is 18.8. The first-order valence-corrected chi connectivity index (χ1v) is 7.78. The Morgan fingerprint density at radius 1 is 1.25 bits per heavy atom. The Labute approximate surface area is 133 Å². The van der Waals surface area contributed by atoms with Crippen molar-refractivity contribution in [3.63, 3.8) is 0 Å². The van der Waals surface area contributed by atoms with Gasteiger partial charge in [0.25, 0.3) is 0 Å². The number of aliphatic hydroxyl groups excluding tert-OH is 4. The highest BCUT2D eigenvalue weighted by atomic mass is 31.2. The van der Waals surface area contributed by atoms with Crippen molar-refractivity contribution in [1.82, 2.24) is 0 Å². The second kappa shape index (κ2) is 7.59. The van der Waals surface area contributed by atoms with Gasteiger partial charge in [-0.25, -0.2) is 9.36 Å². The van der Waals surface area contributed by atoms with Crippen LogP contribution in [-0.2, 0) is 23.5 Å². The first kappa shape index (κ1) is 20.5. The molecule has 12 nitrogen and oxygen atoms in total. The molecule has 1 radical (unpaired) electrons. The van der Waals surface area contributed by atoms with Gasteiger partial charge in [0.05, 0.1) is 6.10 Å². The van der Waals surface area contributed by atoms with Crippen molar-refractivity contribution in [3.8, 4) is 0 Å². The second-order valence-corrected chi connectivity index (χ2v) is 6.04. The lowest BCUT2D eigenvalue weighted by molar-refractivity contribution is -0.137. The Hall–Kier alpha value is -1.50. The molecule has 13 heteroatoms. The van der Waals surface area contributed by atoms with Gasteiger partial charge >= 0.3 is 13.8 Å². The highest BCUT2D eigenvalue weighted by Crippen LogP contribution is 2.38. The Morgan fingerprint density at radius 2 is 1.79 bits per heavy atom. The van der Waals surface area contributed by atoms with Crippen molar-refractivity contribution in [3.05, 3.63) is 11.1 Å². The summed E-state index contributed by atoms with van der Waals surface area (Å²) < 4.78 is 14.5. The van der Waals surface area contributed by atoms with Crippen LogP contribution in [0.25, 0.3) is 0 Å². The van der Waals surface area contributed by atoms with E-state index in [9.17, 15) is 39.4 Å². The molecular weight excluding hydrogens is 355 g/mol. The molecule has 0 heterocycles. The Morgan fingerprint density at radius 3 is 2.21 bits per heavy atom. The second-order valence-electron chi connectivity index (χ2n) is 4.85. The number of carboxylic acids is 1. The summed E-state index contributed by atoms with van der Waals surface area (Å²) in [6, 6.07) is 0. The third-order valence-electron chi connectivity index (χ3n) is 3.20. The molecule has 0 amide bonds. The van der Waals surface area contributed by atoms with Gasteiger partial charge in [0, 0.05) is 17.6 Å². The highest BCUT2D eigenvalue weighted by Gasteiger charge is 2.44. The number of carboxylic acid groups (broad SMARTS) is 1. The topological polar surface area (TPSA) is 219 Å². The van der Waals surface area contributed by atoms with Crippen LogP contribution in [0.15, 0.2) is 11.1 Å². The summed E-state index contributed by atoms with van der Waals surface area (Å²) in [4.78, 5) is 51.1. The van der Waals surface area contributed by atoms with Gasteiger partial charge in [-0.15, -0.1) is 0 Å². The summed E-state index contributed by atoms with van der Waals surface area (Å²) in [7, 11) is -5.30. The first-order valence-electron chi connectivity index (χ1n) is 6.25. The quantitative estimate of drug-likeness (QED) is 0.216. The highest BCUT2D eigenvalue weighted by molar-refractivity contribution is 7.46. The maximum Gasteiger partial charge on any atom is 0.470 e. The largest absolute Gasteiger partial charge is 0.478 e. The van der Waals surface area contributed by atoms with Crippen molar-refractivity contribution >= 4 is 25.9 Å². The number of carbonyl (C=O) groups excluding carboxylic acids is 2. The molecule has 5 atom stereocenters. The van der Waals surface area contributed by atoms with Crippen LogP contribution in [0.3, 0.4) is 0 Å². The fourth-order valence-corrected chi connectivity index (χ4v) is 2.54. The monoisotopic (exact) mass is 369 g/mol. The first-order chi connectivity index (χ1) is 10.9. The minimum absolute atomic E-state index is 0.754. The lowest BCUT2D eigenvalue weighted by Crippen LogP contribution is -2.49. The average Bonchev–Trinajstić information content (AvgIpc) is 2.47. The Balaban J connectivity index is 3.25. The van der Waals surface area contributed by atoms with E-state index in [-0.39, 0.29) is 0 Å². The normalized spacial score (nSPS) is 27.5. The lowest BCUT2D eigenvalue weighted by atomic mass is 9.81. The predicted molar refractivity (Wildman–Crippen MR) is 70.9 cm³/mol. The molecule has 5 unspecified atom stereocenters. The van der Waals surface area contributed by atoms with E-state index in [4.69, 9.17) is 14.9 Å². The number of Topliss-reactive ketones (excluding diaryl/α,β-unsaturated/α-hetero) is 1. The van der Waals surface area contributed by atoms with Gasteiger partial charge in [-0.1, -0.05) is 0 Å². The Bertz CT molecular complexity index is 606. The number of aliphatic hydroxyl groups is 4. The molecule has 0 aromatic heterocycles. The molecule has 24 heavy (non-hydrogen) atoms. The van der Waals surface area contributed by atoms with Gasteiger partial charge in [0.15, 0.2) is 18.0 Å². The van der Waals surface area contributed by atoms with E-state index >= 15 is 0 Å². The van der Waals surface area contributed by atoms with Gasteiger partial charge in [0.1, 0.15) is 12.2 Å². The number of ketones is 1. The molecule has 0 saturated carbocycles. The van der Waals surface area contributed by atoms with E-state index in [2.05, 4.69) is 4.52 Å². The summed E-state index contributed by atoms with van der Waals surface area (Å²) >= 11 is 0. The van der Waals surface area contributed by atoms with E-state index < -0.39 is 67.7 Å². The van der Waals surface area contributed by atoms with Crippen LogP contribution in [-0.4, -0.2) is 83.9 Å². The van der Waals surface area contributed by atoms with Crippen LogP contribution in [0.1, 0.15) is 6.42 Å². The molecule has 0 aliphatic heterocycles. The van der Waals surface area contributed by atoms with E-state index in [0.29, 0.717) is 0 Å². The third kappa shape index (κ3) is 4.53. The maximum atomic E-state index is 12.1. The van der Waals surface area contributed by atoms with Crippen LogP contribution in [0, 0.1) is 0 Å². The number of phosphoric acid groups is 1.